The second-order valence-corrected chi connectivity index (χ2v) is 8.35. The molecule has 2 aromatic carbocycles. The first-order chi connectivity index (χ1) is 13.4. The highest BCUT2D eigenvalue weighted by atomic mass is 32.2. The van der Waals surface area contributed by atoms with Crippen molar-refractivity contribution in [3.8, 4) is 0 Å². The van der Waals surface area contributed by atoms with Crippen LogP contribution >= 0.6 is 0 Å². The molecule has 0 aliphatic heterocycles. The molecule has 0 saturated carbocycles. The fourth-order valence-corrected chi connectivity index (χ4v) is 4.15. The topological polar surface area (TPSA) is 84.0 Å². The van der Waals surface area contributed by atoms with Gasteiger partial charge in [-0.15, -0.1) is 10.2 Å². The summed E-state index contributed by atoms with van der Waals surface area (Å²) in [5.41, 5.74) is 3.00. The number of nitrogens with one attached hydrogen (secondary N) is 2. The van der Waals surface area contributed by atoms with Gasteiger partial charge in [0.15, 0.2) is 5.82 Å². The van der Waals surface area contributed by atoms with E-state index in [1.165, 1.54) is 5.56 Å². The maximum Gasteiger partial charge on any atom is 0.263 e. The van der Waals surface area contributed by atoms with E-state index in [0.717, 1.165) is 24.9 Å². The van der Waals surface area contributed by atoms with E-state index in [9.17, 15) is 8.42 Å². The lowest BCUT2D eigenvalue weighted by molar-refractivity contribution is 0.600. The highest BCUT2D eigenvalue weighted by Gasteiger charge is 2.17. The van der Waals surface area contributed by atoms with Crippen LogP contribution in [0.3, 0.4) is 0 Å². The monoisotopic (exact) mass is 396 g/mol. The summed E-state index contributed by atoms with van der Waals surface area (Å²) in [5.74, 6) is 0.803. The molecule has 6 nitrogen and oxygen atoms in total. The first kappa shape index (κ1) is 19.8. The Bertz CT molecular complexity index is 1020. The molecule has 0 amide bonds. The van der Waals surface area contributed by atoms with E-state index in [2.05, 4.69) is 32.4 Å². The van der Waals surface area contributed by atoms with Gasteiger partial charge in [-0.3, -0.25) is 4.72 Å². The largest absolute Gasteiger partial charge is 0.369 e. The van der Waals surface area contributed by atoms with Gasteiger partial charge in [0.25, 0.3) is 10.0 Å². The van der Waals surface area contributed by atoms with Crippen molar-refractivity contribution >= 4 is 21.7 Å². The molecule has 0 aliphatic rings. The molecular formula is C21H24N4O2S. The van der Waals surface area contributed by atoms with Crippen molar-refractivity contribution in [2.75, 3.05) is 16.6 Å². The van der Waals surface area contributed by atoms with Crippen LogP contribution in [0.1, 0.15) is 23.1 Å². The van der Waals surface area contributed by atoms with Crippen LogP contribution in [0.25, 0.3) is 0 Å². The molecule has 146 valence electrons. The quantitative estimate of drug-likeness (QED) is 0.564. The summed E-state index contributed by atoms with van der Waals surface area (Å²) in [6.07, 6.45) is 1.95. The molecule has 28 heavy (non-hydrogen) atoms. The zero-order valence-electron chi connectivity index (χ0n) is 16.0. The van der Waals surface area contributed by atoms with Gasteiger partial charge in [-0.05, 0) is 56.0 Å². The summed E-state index contributed by atoms with van der Waals surface area (Å²) in [5, 5.41) is 11.2. The lowest BCUT2D eigenvalue weighted by Crippen LogP contribution is -2.16. The number of hydrogen-bond acceptors (Lipinski definition) is 5. The molecule has 7 heteroatoms. The van der Waals surface area contributed by atoms with Crippen molar-refractivity contribution in [2.24, 2.45) is 0 Å². The number of anilines is 2. The minimum Gasteiger partial charge on any atom is -0.369 e. The predicted octanol–water partition coefficient (Wildman–Crippen LogP) is 3.94. The third kappa shape index (κ3) is 5.29. The number of hydrogen-bond donors (Lipinski definition) is 2. The van der Waals surface area contributed by atoms with E-state index in [1.54, 1.807) is 31.2 Å². The smallest absolute Gasteiger partial charge is 0.263 e. The Hall–Kier alpha value is -2.93. The third-order valence-electron chi connectivity index (χ3n) is 4.31. The van der Waals surface area contributed by atoms with Gasteiger partial charge in [-0.25, -0.2) is 8.42 Å². The van der Waals surface area contributed by atoms with Crippen LogP contribution in [0.4, 0.5) is 11.6 Å². The van der Waals surface area contributed by atoms with Gasteiger partial charge in [0.1, 0.15) is 5.82 Å². The van der Waals surface area contributed by atoms with Gasteiger partial charge >= 0.3 is 0 Å². The molecule has 0 aliphatic carbocycles. The molecule has 0 fully saturated rings. The number of rotatable bonds is 8. The van der Waals surface area contributed by atoms with Crippen molar-refractivity contribution in [1.82, 2.24) is 10.2 Å². The average molecular weight is 397 g/mol. The van der Waals surface area contributed by atoms with E-state index in [0.29, 0.717) is 11.4 Å². The second-order valence-electron chi connectivity index (χ2n) is 6.69. The maximum absolute atomic E-state index is 12.6. The molecule has 0 bridgehead atoms. The molecule has 1 heterocycles. The standard InChI is InChI=1S/C21H24N4O2S/c1-16-10-11-19(17(2)15-16)28(26,27)25-21-13-12-20(23-24-21)22-14-6-9-18-7-4-3-5-8-18/h3-5,7-8,10-13,15H,6,9,14H2,1-2H3,(H,22,23)(H,24,25). The van der Waals surface area contributed by atoms with Crippen molar-refractivity contribution in [2.45, 2.75) is 31.6 Å². The first-order valence-electron chi connectivity index (χ1n) is 9.16. The molecule has 2 N–H and O–H groups in total. The molecule has 3 rings (SSSR count). The van der Waals surface area contributed by atoms with Crippen LogP contribution < -0.4 is 10.0 Å². The zero-order chi connectivity index (χ0) is 20.0. The number of nitrogens with zero attached hydrogens (tertiary/aromatic N) is 2. The van der Waals surface area contributed by atoms with Crippen LogP contribution in [-0.4, -0.2) is 25.2 Å². The van der Waals surface area contributed by atoms with Gasteiger partial charge < -0.3 is 5.32 Å². The van der Waals surface area contributed by atoms with Gasteiger partial charge in [-0.1, -0.05) is 48.0 Å². The maximum atomic E-state index is 12.6. The summed E-state index contributed by atoms with van der Waals surface area (Å²) in [6, 6.07) is 18.8. The van der Waals surface area contributed by atoms with E-state index in [1.807, 2.05) is 31.2 Å². The number of aromatic nitrogens is 2. The van der Waals surface area contributed by atoms with Crippen LogP contribution in [0.15, 0.2) is 65.6 Å². The molecule has 0 radical (unpaired) electrons. The molecule has 0 unspecified atom stereocenters. The number of sulfonamides is 1. The highest BCUT2D eigenvalue weighted by Crippen LogP contribution is 2.19. The van der Waals surface area contributed by atoms with Crippen LogP contribution in [0.5, 0.6) is 0 Å². The van der Waals surface area contributed by atoms with Crippen molar-refractivity contribution in [1.29, 1.82) is 0 Å². The Kier molecular flexibility index (Phi) is 6.26. The second kappa shape index (κ2) is 8.84. The minimum absolute atomic E-state index is 0.190. The highest BCUT2D eigenvalue weighted by molar-refractivity contribution is 7.92. The van der Waals surface area contributed by atoms with Crippen LogP contribution in [-0.2, 0) is 16.4 Å². The van der Waals surface area contributed by atoms with E-state index >= 15 is 0 Å². The third-order valence-corrected chi connectivity index (χ3v) is 5.83. The van der Waals surface area contributed by atoms with Gasteiger partial charge in [-0.2, -0.15) is 0 Å². The zero-order valence-corrected chi connectivity index (χ0v) is 16.8. The van der Waals surface area contributed by atoms with Crippen molar-refractivity contribution < 1.29 is 8.42 Å². The molecule has 0 saturated heterocycles. The molecule has 3 aromatic rings. The van der Waals surface area contributed by atoms with Gasteiger partial charge in [0.05, 0.1) is 4.90 Å². The van der Waals surface area contributed by atoms with Crippen molar-refractivity contribution in [3.05, 3.63) is 77.4 Å². The lowest BCUT2D eigenvalue weighted by atomic mass is 10.1. The van der Waals surface area contributed by atoms with Crippen LogP contribution in [0, 0.1) is 13.8 Å². The first-order valence-corrected chi connectivity index (χ1v) is 10.6. The Balaban J connectivity index is 1.55. The average Bonchev–Trinajstić information content (AvgIpc) is 2.67. The fraction of sp³-hybridized carbons (Fsp3) is 0.238. The SMILES string of the molecule is Cc1ccc(S(=O)(=O)Nc2ccc(NCCCc3ccccc3)nn2)c(C)c1. The van der Waals surface area contributed by atoms with E-state index < -0.39 is 10.0 Å². The predicted molar refractivity (Wildman–Crippen MR) is 112 cm³/mol. The Labute approximate surface area is 166 Å². The molecule has 0 atom stereocenters. The Morgan fingerprint density at radius 3 is 2.29 bits per heavy atom. The molecule has 1 aromatic heterocycles. The van der Waals surface area contributed by atoms with Crippen LogP contribution in [0.2, 0.25) is 0 Å². The summed E-state index contributed by atoms with van der Waals surface area (Å²) >= 11 is 0. The molecule has 0 spiro atoms. The summed E-state index contributed by atoms with van der Waals surface area (Å²) in [4.78, 5) is 0.239. The van der Waals surface area contributed by atoms with E-state index in [4.69, 9.17) is 0 Å². The number of benzene rings is 2. The van der Waals surface area contributed by atoms with E-state index in [-0.39, 0.29) is 10.7 Å². The summed E-state index contributed by atoms with van der Waals surface area (Å²) in [7, 11) is -3.70. The fourth-order valence-electron chi connectivity index (χ4n) is 2.93. The lowest BCUT2D eigenvalue weighted by Gasteiger charge is -2.10. The van der Waals surface area contributed by atoms with Crippen molar-refractivity contribution in [3.63, 3.8) is 0 Å². The van der Waals surface area contributed by atoms with Gasteiger partial charge in [0, 0.05) is 6.54 Å². The minimum atomic E-state index is -3.70. The Morgan fingerprint density at radius 2 is 1.61 bits per heavy atom. The Morgan fingerprint density at radius 1 is 0.893 bits per heavy atom. The summed E-state index contributed by atoms with van der Waals surface area (Å²) in [6.45, 7) is 4.46. The van der Waals surface area contributed by atoms with Gasteiger partial charge in [0.2, 0.25) is 0 Å². The normalized spacial score (nSPS) is 11.2. The molecular weight excluding hydrogens is 372 g/mol. The summed E-state index contributed by atoms with van der Waals surface area (Å²) < 4.78 is 27.6. The number of aryl methyl sites for hydroxylation is 3.